The van der Waals surface area contributed by atoms with Crippen LogP contribution in [-0.2, 0) is 10.4 Å². The highest BCUT2D eigenvalue weighted by molar-refractivity contribution is 5.79. The summed E-state index contributed by atoms with van der Waals surface area (Å²) >= 11 is 0. The Morgan fingerprint density at radius 3 is 2.31 bits per heavy atom. The van der Waals surface area contributed by atoms with Gasteiger partial charge in [0.15, 0.2) is 0 Å². The molecule has 0 radical (unpaired) electrons. The van der Waals surface area contributed by atoms with Crippen LogP contribution in [0.1, 0.15) is 17.4 Å². The summed E-state index contributed by atoms with van der Waals surface area (Å²) in [5.41, 5.74) is 1.48. The minimum absolute atomic E-state index is 0.280. The van der Waals surface area contributed by atoms with Gasteiger partial charge in [-0.3, -0.25) is 14.7 Å². The number of carbonyl (C=O) groups excluding carboxylic acids is 1. The number of nitrogens with zero attached hydrogens (tertiary/aromatic N) is 2. The lowest BCUT2D eigenvalue weighted by Gasteiger charge is -2.43. The van der Waals surface area contributed by atoms with Gasteiger partial charge in [-0.25, -0.2) is 4.39 Å². The normalized spacial score (nSPS) is 18.2. The summed E-state index contributed by atoms with van der Waals surface area (Å²) in [6, 6.07) is 8.50. The average Bonchev–Trinajstić information content (AvgIpc) is 2.70. The topological polar surface area (TPSA) is 85.7 Å². The van der Waals surface area contributed by atoms with Crippen LogP contribution in [0, 0.1) is 0 Å². The maximum absolute atomic E-state index is 13.1. The highest BCUT2D eigenvalue weighted by Gasteiger charge is 2.41. The fraction of sp³-hybridized carbons (Fsp3) is 0.400. The Morgan fingerprint density at radius 1 is 1.21 bits per heavy atom. The van der Waals surface area contributed by atoms with E-state index in [0.29, 0.717) is 18.8 Å². The van der Waals surface area contributed by atoms with E-state index in [-0.39, 0.29) is 5.56 Å². The summed E-state index contributed by atoms with van der Waals surface area (Å²) in [6.45, 7) is -0.154. The van der Waals surface area contributed by atoms with Crippen LogP contribution in [0.4, 0.5) is 13.2 Å². The van der Waals surface area contributed by atoms with Gasteiger partial charge < -0.3 is 15.5 Å². The number of aliphatic hydroxyl groups excluding tert-OH is 1. The van der Waals surface area contributed by atoms with E-state index in [2.05, 4.69) is 4.98 Å². The fourth-order valence-corrected chi connectivity index (χ4v) is 3.40. The van der Waals surface area contributed by atoms with E-state index in [1.54, 1.807) is 29.7 Å². The largest absolute Gasteiger partial charge is 0.386 e. The minimum Gasteiger partial charge on any atom is -0.386 e. The molecule has 3 N–H and O–H groups in total. The first-order chi connectivity index (χ1) is 13.7. The van der Waals surface area contributed by atoms with Crippen LogP contribution in [0.2, 0.25) is 0 Å². The second kappa shape index (κ2) is 8.48. The molecule has 3 rings (SSSR count). The monoisotopic (exact) mass is 409 g/mol. The number of β-amino-alcohol motifs (C(OH)–C–C–N with tert-alkyl or cyclic N) is 1. The lowest BCUT2D eigenvalue weighted by Crippen LogP contribution is -2.57. The summed E-state index contributed by atoms with van der Waals surface area (Å²) in [5, 5.41) is 22.4. The molecule has 2 aromatic rings. The molecule has 1 amide bonds. The van der Waals surface area contributed by atoms with Gasteiger partial charge in [0.25, 0.3) is 5.91 Å². The number of likely N-dealkylation sites (N-methyl/N-ethyl adjacent to an activating group) is 1. The molecule has 1 fully saturated rings. The van der Waals surface area contributed by atoms with Crippen molar-refractivity contribution >= 4 is 5.91 Å². The lowest BCUT2D eigenvalue weighted by molar-refractivity contribution is -0.133. The summed E-state index contributed by atoms with van der Waals surface area (Å²) in [6.07, 6.45) is -3.13. The number of likely N-dealkylation sites (tertiary alicyclic amines) is 1. The zero-order chi connectivity index (χ0) is 21.2. The number of amides is 1. The first-order valence-electron chi connectivity index (χ1n) is 9.04. The molecular weight excluding hydrogens is 387 g/mol. The van der Waals surface area contributed by atoms with Gasteiger partial charge in [0.2, 0.25) is 0 Å². The number of aliphatic hydroxyl groups is 2. The van der Waals surface area contributed by atoms with Crippen LogP contribution in [0.15, 0.2) is 42.6 Å². The van der Waals surface area contributed by atoms with Gasteiger partial charge in [-0.2, -0.15) is 8.78 Å². The van der Waals surface area contributed by atoms with Crippen LogP contribution in [0.3, 0.4) is 0 Å². The summed E-state index contributed by atoms with van der Waals surface area (Å²) < 4.78 is 37.8. The standard InChI is InChI=1S/C20H22F3N3O3/c1-26-10-20(29,11-26)16-7-6-14(9-24-16)12-2-4-13(5-3-12)17(27)15(8-21)25-19(28)18(22)23/h2-7,9,15,17-18,27,29H,8,10-11H2,1H3,(H,25,28)/t15-,17-/m1/s1. The second-order valence-corrected chi connectivity index (χ2v) is 7.27. The Kier molecular flexibility index (Phi) is 6.21. The van der Waals surface area contributed by atoms with E-state index in [1.807, 2.05) is 18.0 Å². The molecule has 0 bridgehead atoms. The van der Waals surface area contributed by atoms with E-state index >= 15 is 0 Å². The van der Waals surface area contributed by atoms with Crippen LogP contribution in [-0.4, -0.2) is 65.3 Å². The molecule has 6 nitrogen and oxygen atoms in total. The number of hydrogen-bond donors (Lipinski definition) is 3. The van der Waals surface area contributed by atoms with E-state index in [4.69, 9.17) is 0 Å². The zero-order valence-corrected chi connectivity index (χ0v) is 15.7. The van der Waals surface area contributed by atoms with Gasteiger partial charge in [0.05, 0.1) is 11.7 Å². The van der Waals surface area contributed by atoms with Crippen molar-refractivity contribution < 1.29 is 28.2 Å². The smallest absolute Gasteiger partial charge is 0.315 e. The van der Waals surface area contributed by atoms with Crippen LogP contribution >= 0.6 is 0 Å². The van der Waals surface area contributed by atoms with Gasteiger partial charge >= 0.3 is 6.43 Å². The third-order valence-electron chi connectivity index (χ3n) is 4.96. The molecule has 1 aliphatic rings. The lowest BCUT2D eigenvalue weighted by atomic mass is 9.90. The van der Waals surface area contributed by atoms with E-state index in [0.717, 1.165) is 11.1 Å². The van der Waals surface area contributed by atoms with E-state index in [9.17, 15) is 28.2 Å². The van der Waals surface area contributed by atoms with Crippen LogP contribution in [0.5, 0.6) is 0 Å². The second-order valence-electron chi connectivity index (χ2n) is 7.27. The molecule has 0 unspecified atom stereocenters. The number of benzene rings is 1. The molecule has 0 aliphatic carbocycles. The van der Waals surface area contributed by atoms with Crippen molar-refractivity contribution in [2.45, 2.75) is 24.2 Å². The highest BCUT2D eigenvalue weighted by Crippen LogP contribution is 2.30. The quantitative estimate of drug-likeness (QED) is 0.647. The fourth-order valence-electron chi connectivity index (χ4n) is 3.40. The maximum Gasteiger partial charge on any atom is 0.315 e. The molecule has 156 valence electrons. The molecule has 1 aliphatic heterocycles. The van der Waals surface area contributed by atoms with Gasteiger partial charge in [0, 0.05) is 24.8 Å². The number of pyridine rings is 1. The van der Waals surface area contributed by atoms with Gasteiger partial charge in [-0.15, -0.1) is 0 Å². The third kappa shape index (κ3) is 4.58. The van der Waals surface area contributed by atoms with Crippen LogP contribution < -0.4 is 5.32 Å². The molecule has 0 saturated carbocycles. The molecule has 2 atom stereocenters. The molecule has 9 heteroatoms. The van der Waals surface area contributed by atoms with Crippen molar-refractivity contribution in [1.82, 2.24) is 15.2 Å². The average molecular weight is 409 g/mol. The van der Waals surface area contributed by atoms with E-state index < -0.39 is 36.8 Å². The number of carbonyl (C=O) groups is 1. The zero-order valence-electron chi connectivity index (χ0n) is 15.7. The Labute approximate surface area is 166 Å². The van der Waals surface area contributed by atoms with Crippen molar-refractivity contribution in [3.8, 4) is 11.1 Å². The maximum atomic E-state index is 13.1. The number of halogens is 3. The highest BCUT2D eigenvalue weighted by atomic mass is 19.3. The predicted molar refractivity (Wildman–Crippen MR) is 99.9 cm³/mol. The van der Waals surface area contributed by atoms with Crippen molar-refractivity contribution in [2.75, 3.05) is 26.8 Å². The molecule has 0 spiro atoms. The Hall–Kier alpha value is -2.49. The predicted octanol–water partition coefficient (Wildman–Crippen LogP) is 1.63. The van der Waals surface area contributed by atoms with E-state index in [1.165, 1.54) is 12.1 Å². The molecule has 1 aromatic heterocycles. The van der Waals surface area contributed by atoms with Crippen LogP contribution in [0.25, 0.3) is 11.1 Å². The Balaban J connectivity index is 1.70. The molecule has 2 heterocycles. The first kappa shape index (κ1) is 21.2. The molecule has 1 saturated heterocycles. The SMILES string of the molecule is CN1CC(O)(c2ccc(-c3ccc([C@@H](O)[C@@H](CF)NC(=O)C(F)F)cc3)cn2)C1. The first-order valence-corrected chi connectivity index (χ1v) is 9.04. The van der Waals surface area contributed by atoms with Gasteiger partial charge in [-0.05, 0) is 24.2 Å². The molecule has 29 heavy (non-hydrogen) atoms. The van der Waals surface area contributed by atoms with Crippen molar-refractivity contribution in [2.24, 2.45) is 0 Å². The van der Waals surface area contributed by atoms with Crippen molar-refractivity contribution in [1.29, 1.82) is 0 Å². The van der Waals surface area contributed by atoms with Gasteiger partial charge in [0.1, 0.15) is 18.4 Å². The summed E-state index contributed by atoms with van der Waals surface area (Å²) in [7, 11) is 1.91. The van der Waals surface area contributed by atoms with Crippen molar-refractivity contribution in [3.63, 3.8) is 0 Å². The number of alkyl halides is 3. The molecule has 1 aromatic carbocycles. The number of aromatic nitrogens is 1. The number of nitrogens with one attached hydrogen (secondary N) is 1. The summed E-state index contributed by atoms with van der Waals surface area (Å²) in [4.78, 5) is 17.4. The van der Waals surface area contributed by atoms with Gasteiger partial charge in [-0.1, -0.05) is 30.3 Å². The Morgan fingerprint density at radius 2 is 1.83 bits per heavy atom. The molecular formula is C20H22F3N3O3. The number of hydrogen-bond acceptors (Lipinski definition) is 5. The minimum atomic E-state index is -3.28. The third-order valence-corrected chi connectivity index (χ3v) is 4.96. The summed E-state index contributed by atoms with van der Waals surface area (Å²) in [5.74, 6) is -1.63. The Bertz CT molecular complexity index is 840. The number of rotatable bonds is 7. The van der Waals surface area contributed by atoms with Crippen molar-refractivity contribution in [3.05, 3.63) is 53.9 Å².